The molecule has 2 N–H and O–H groups in total. The van der Waals surface area contributed by atoms with E-state index >= 15 is 0 Å². The molecule has 6 nitrogen and oxygen atoms in total. The fourth-order valence-corrected chi connectivity index (χ4v) is 2.29. The highest BCUT2D eigenvalue weighted by Crippen LogP contribution is 2.25. The molecule has 1 aliphatic heterocycles. The summed E-state index contributed by atoms with van der Waals surface area (Å²) in [5, 5.41) is 0. The number of imide groups is 1. The Morgan fingerprint density at radius 2 is 2.15 bits per heavy atom. The molecule has 2 amide bonds. The molecule has 0 aromatic heterocycles. The quantitative estimate of drug-likeness (QED) is 0.504. The molecule has 0 aliphatic carbocycles. The van der Waals surface area contributed by atoms with Gasteiger partial charge in [0.1, 0.15) is 0 Å². The van der Waals surface area contributed by atoms with Crippen LogP contribution in [0.1, 0.15) is 29.3 Å². The molecule has 6 heteroatoms. The Bertz CT molecular complexity index is 583. The van der Waals surface area contributed by atoms with Gasteiger partial charge in [-0.3, -0.25) is 14.5 Å². The molecular weight excluding hydrogens is 260 g/mol. The van der Waals surface area contributed by atoms with Gasteiger partial charge in [0, 0.05) is 18.0 Å². The summed E-state index contributed by atoms with van der Waals surface area (Å²) in [7, 11) is 1.26. The van der Waals surface area contributed by atoms with Crippen molar-refractivity contribution in [2.75, 3.05) is 12.8 Å². The van der Waals surface area contributed by atoms with Crippen LogP contribution in [0.2, 0.25) is 0 Å². The Morgan fingerprint density at radius 3 is 2.70 bits per heavy atom. The van der Waals surface area contributed by atoms with Crippen molar-refractivity contribution in [3.63, 3.8) is 0 Å². The number of anilines is 1. The van der Waals surface area contributed by atoms with E-state index in [0.717, 1.165) is 4.90 Å². The number of nitrogen functional groups attached to an aromatic ring is 1. The number of nitrogens with zero attached hydrogens (tertiary/aromatic N) is 1. The van der Waals surface area contributed by atoms with Gasteiger partial charge in [-0.2, -0.15) is 0 Å². The normalized spacial score (nSPS) is 18.5. The van der Waals surface area contributed by atoms with Crippen molar-refractivity contribution >= 4 is 23.5 Å². The van der Waals surface area contributed by atoms with E-state index < -0.39 is 5.97 Å². The SMILES string of the molecule is COC(=O)c1c(N)cccc1CN1C(=O)CC(C)C1=O. The lowest BCUT2D eigenvalue weighted by atomic mass is 10.0. The average Bonchev–Trinajstić information content (AvgIpc) is 2.65. The molecule has 1 unspecified atom stereocenters. The Morgan fingerprint density at radius 1 is 1.45 bits per heavy atom. The van der Waals surface area contributed by atoms with Gasteiger partial charge in [-0.15, -0.1) is 0 Å². The van der Waals surface area contributed by atoms with Crippen LogP contribution in [-0.4, -0.2) is 29.8 Å². The molecule has 2 rings (SSSR count). The molecule has 1 fully saturated rings. The van der Waals surface area contributed by atoms with Crippen LogP contribution >= 0.6 is 0 Å². The van der Waals surface area contributed by atoms with Crippen molar-refractivity contribution in [2.24, 2.45) is 5.92 Å². The van der Waals surface area contributed by atoms with Crippen molar-refractivity contribution in [2.45, 2.75) is 19.9 Å². The first-order valence-electron chi connectivity index (χ1n) is 6.25. The van der Waals surface area contributed by atoms with Gasteiger partial charge in [-0.25, -0.2) is 4.79 Å². The zero-order chi connectivity index (χ0) is 14.9. The first-order valence-corrected chi connectivity index (χ1v) is 6.25. The fourth-order valence-electron chi connectivity index (χ4n) is 2.29. The maximum Gasteiger partial charge on any atom is 0.340 e. The smallest absolute Gasteiger partial charge is 0.340 e. The minimum atomic E-state index is -0.578. The molecule has 1 saturated heterocycles. The lowest BCUT2D eigenvalue weighted by Crippen LogP contribution is -2.30. The number of esters is 1. The number of hydrogen-bond donors (Lipinski definition) is 1. The maximum absolute atomic E-state index is 11.9. The minimum absolute atomic E-state index is 0.0392. The summed E-state index contributed by atoms with van der Waals surface area (Å²) in [6.45, 7) is 1.75. The lowest BCUT2D eigenvalue weighted by molar-refractivity contribution is -0.139. The van der Waals surface area contributed by atoms with Crippen LogP contribution in [0, 0.1) is 5.92 Å². The van der Waals surface area contributed by atoms with E-state index in [9.17, 15) is 14.4 Å². The van der Waals surface area contributed by atoms with E-state index in [0.29, 0.717) is 5.56 Å². The van der Waals surface area contributed by atoms with Crippen LogP contribution in [0.4, 0.5) is 5.69 Å². The van der Waals surface area contributed by atoms with Gasteiger partial charge < -0.3 is 10.5 Å². The highest BCUT2D eigenvalue weighted by atomic mass is 16.5. The molecule has 1 heterocycles. The standard InChI is InChI=1S/C14H16N2O4/c1-8-6-11(17)16(13(8)18)7-9-4-3-5-10(15)12(9)14(19)20-2/h3-5,8H,6-7,15H2,1-2H3. The summed E-state index contributed by atoms with van der Waals surface area (Å²) in [4.78, 5) is 36.6. The number of methoxy groups -OCH3 is 1. The molecule has 0 saturated carbocycles. The van der Waals surface area contributed by atoms with Gasteiger partial charge in [-0.05, 0) is 11.6 Å². The highest BCUT2D eigenvalue weighted by Gasteiger charge is 2.36. The number of ether oxygens (including phenoxy) is 1. The molecule has 20 heavy (non-hydrogen) atoms. The first-order chi connectivity index (χ1) is 9.45. The Balaban J connectivity index is 2.35. The number of carbonyl (C=O) groups is 3. The third kappa shape index (κ3) is 2.36. The van der Waals surface area contributed by atoms with Crippen molar-refractivity contribution in [1.29, 1.82) is 0 Å². The van der Waals surface area contributed by atoms with Gasteiger partial charge >= 0.3 is 5.97 Å². The summed E-state index contributed by atoms with van der Waals surface area (Å²) in [6.07, 6.45) is 0.203. The van der Waals surface area contributed by atoms with Crippen LogP contribution in [-0.2, 0) is 20.9 Å². The summed E-state index contributed by atoms with van der Waals surface area (Å²) in [5.74, 6) is -1.36. The number of rotatable bonds is 3. The zero-order valence-electron chi connectivity index (χ0n) is 11.4. The topological polar surface area (TPSA) is 89.7 Å². The number of carbonyl (C=O) groups excluding carboxylic acids is 3. The molecule has 106 valence electrons. The number of hydrogen-bond acceptors (Lipinski definition) is 5. The fraction of sp³-hybridized carbons (Fsp3) is 0.357. The predicted octanol–water partition coefficient (Wildman–Crippen LogP) is 0.950. The van der Waals surface area contributed by atoms with Crippen molar-refractivity contribution < 1.29 is 19.1 Å². The number of nitrogens with two attached hydrogens (primary N) is 1. The second-order valence-electron chi connectivity index (χ2n) is 4.80. The van der Waals surface area contributed by atoms with E-state index in [4.69, 9.17) is 5.73 Å². The van der Waals surface area contributed by atoms with Gasteiger partial charge in [-0.1, -0.05) is 19.1 Å². The van der Waals surface area contributed by atoms with Crippen molar-refractivity contribution in [1.82, 2.24) is 4.90 Å². The van der Waals surface area contributed by atoms with Gasteiger partial charge in [0.05, 0.1) is 19.2 Å². The van der Waals surface area contributed by atoms with Crippen LogP contribution in [0.15, 0.2) is 18.2 Å². The predicted molar refractivity (Wildman–Crippen MR) is 71.5 cm³/mol. The van der Waals surface area contributed by atoms with Crippen molar-refractivity contribution in [3.05, 3.63) is 29.3 Å². The summed E-state index contributed by atoms with van der Waals surface area (Å²) < 4.78 is 4.69. The van der Waals surface area contributed by atoms with E-state index in [2.05, 4.69) is 4.74 Å². The third-order valence-electron chi connectivity index (χ3n) is 3.37. The van der Waals surface area contributed by atoms with Crippen LogP contribution in [0.3, 0.4) is 0 Å². The molecule has 1 atom stereocenters. The second kappa shape index (κ2) is 5.32. The Hall–Kier alpha value is -2.37. The summed E-state index contributed by atoms with van der Waals surface area (Å²) in [6, 6.07) is 4.91. The van der Waals surface area contributed by atoms with Crippen LogP contribution < -0.4 is 5.73 Å². The van der Waals surface area contributed by atoms with Gasteiger partial charge in [0.15, 0.2) is 0 Å². The third-order valence-corrected chi connectivity index (χ3v) is 3.37. The van der Waals surface area contributed by atoms with Crippen LogP contribution in [0.25, 0.3) is 0 Å². The summed E-state index contributed by atoms with van der Waals surface area (Å²) >= 11 is 0. The summed E-state index contributed by atoms with van der Waals surface area (Å²) in [5.41, 5.74) is 6.76. The molecule has 0 radical (unpaired) electrons. The Kier molecular flexibility index (Phi) is 3.74. The molecule has 1 aromatic rings. The van der Waals surface area contributed by atoms with Crippen LogP contribution in [0.5, 0.6) is 0 Å². The van der Waals surface area contributed by atoms with Gasteiger partial charge in [0.2, 0.25) is 11.8 Å². The van der Waals surface area contributed by atoms with E-state index in [1.165, 1.54) is 7.11 Å². The molecule has 0 bridgehead atoms. The number of likely N-dealkylation sites (tertiary alicyclic amines) is 1. The highest BCUT2D eigenvalue weighted by molar-refractivity contribution is 6.03. The van der Waals surface area contributed by atoms with Gasteiger partial charge in [0.25, 0.3) is 0 Å². The van der Waals surface area contributed by atoms with Crippen molar-refractivity contribution in [3.8, 4) is 0 Å². The lowest BCUT2D eigenvalue weighted by Gasteiger charge is -2.17. The molecule has 0 spiro atoms. The maximum atomic E-state index is 11.9. The monoisotopic (exact) mass is 276 g/mol. The van der Waals surface area contributed by atoms with E-state index in [-0.39, 0.29) is 41.9 Å². The second-order valence-corrected chi connectivity index (χ2v) is 4.80. The largest absolute Gasteiger partial charge is 0.465 e. The molecule has 1 aliphatic rings. The number of benzene rings is 1. The van der Waals surface area contributed by atoms with E-state index in [1.54, 1.807) is 25.1 Å². The molecule has 1 aromatic carbocycles. The first kappa shape index (κ1) is 14.0. The number of amides is 2. The minimum Gasteiger partial charge on any atom is -0.465 e. The zero-order valence-corrected chi connectivity index (χ0v) is 11.4. The van der Waals surface area contributed by atoms with E-state index in [1.807, 2.05) is 0 Å². The Labute approximate surface area is 116 Å². The average molecular weight is 276 g/mol. The molecular formula is C14H16N2O4.